The van der Waals surface area contributed by atoms with E-state index < -0.39 is 0 Å². The maximum absolute atomic E-state index is 6.10. The Bertz CT molecular complexity index is 607. The van der Waals surface area contributed by atoms with Gasteiger partial charge < -0.3 is 20.3 Å². The average molecular weight is 375 g/mol. The highest BCUT2D eigenvalue weighted by molar-refractivity contribution is 5.79. The molecule has 0 saturated carbocycles. The van der Waals surface area contributed by atoms with Crippen molar-refractivity contribution >= 4 is 5.96 Å². The highest BCUT2D eigenvalue weighted by Gasteiger charge is 2.35. The van der Waals surface area contributed by atoms with Gasteiger partial charge in [-0.3, -0.25) is 4.99 Å². The van der Waals surface area contributed by atoms with Crippen LogP contribution in [0.15, 0.2) is 29.3 Å². The predicted octanol–water partition coefficient (Wildman–Crippen LogP) is 3.25. The molecule has 2 rings (SSSR count). The zero-order valence-corrected chi connectivity index (χ0v) is 18.0. The van der Waals surface area contributed by atoms with Gasteiger partial charge in [-0.15, -0.1) is 0 Å². The van der Waals surface area contributed by atoms with Crippen LogP contribution in [0.1, 0.15) is 44.7 Å². The third-order valence-electron chi connectivity index (χ3n) is 5.10. The molecule has 0 aliphatic carbocycles. The summed E-state index contributed by atoms with van der Waals surface area (Å²) < 4.78 is 6.10. The van der Waals surface area contributed by atoms with E-state index in [1.54, 1.807) is 0 Å². The van der Waals surface area contributed by atoms with Crippen molar-refractivity contribution < 1.29 is 4.74 Å². The van der Waals surface area contributed by atoms with Crippen molar-refractivity contribution in [1.82, 2.24) is 15.5 Å². The van der Waals surface area contributed by atoms with E-state index in [1.165, 1.54) is 17.5 Å². The summed E-state index contributed by atoms with van der Waals surface area (Å²) in [7, 11) is 6.03. The first-order valence-electron chi connectivity index (χ1n) is 10.1. The number of ether oxygens (including phenoxy) is 1. The third kappa shape index (κ3) is 6.82. The Morgan fingerprint density at radius 2 is 1.89 bits per heavy atom. The van der Waals surface area contributed by atoms with Crippen LogP contribution >= 0.6 is 0 Å². The first kappa shape index (κ1) is 21.7. The normalized spacial score (nSPS) is 21.4. The molecule has 1 aliphatic heterocycles. The highest BCUT2D eigenvalue weighted by Crippen LogP contribution is 2.33. The van der Waals surface area contributed by atoms with Crippen LogP contribution in [0.5, 0.6) is 0 Å². The quantitative estimate of drug-likeness (QED) is 0.593. The lowest BCUT2D eigenvalue weighted by Gasteiger charge is -2.40. The average Bonchev–Trinajstić information content (AvgIpc) is 2.62. The van der Waals surface area contributed by atoms with E-state index in [0.29, 0.717) is 5.92 Å². The molecule has 0 bridgehead atoms. The molecule has 27 heavy (non-hydrogen) atoms. The molecule has 5 nitrogen and oxygen atoms in total. The van der Waals surface area contributed by atoms with Crippen LogP contribution < -0.4 is 10.6 Å². The zero-order chi connectivity index (χ0) is 19.9. The van der Waals surface area contributed by atoms with Gasteiger partial charge in [-0.05, 0) is 43.5 Å². The Kier molecular flexibility index (Phi) is 8.11. The molecule has 152 valence electrons. The molecule has 0 aromatic heterocycles. The van der Waals surface area contributed by atoms with Gasteiger partial charge in [0.15, 0.2) is 5.96 Å². The van der Waals surface area contributed by atoms with Crippen molar-refractivity contribution in [3.8, 4) is 0 Å². The molecule has 1 fully saturated rings. The SMILES string of the molecule is CN=C(NCc1ccccc1CN(C)C)NCC1CCCOC1C(C)(C)C. The molecule has 1 heterocycles. The lowest BCUT2D eigenvalue weighted by atomic mass is 9.78. The Balaban J connectivity index is 1.91. The Morgan fingerprint density at radius 1 is 1.19 bits per heavy atom. The molecule has 0 amide bonds. The fraction of sp³-hybridized carbons (Fsp3) is 0.682. The van der Waals surface area contributed by atoms with Crippen molar-refractivity contribution in [2.45, 2.75) is 52.8 Å². The summed E-state index contributed by atoms with van der Waals surface area (Å²) in [5, 5.41) is 6.99. The number of nitrogens with zero attached hydrogens (tertiary/aromatic N) is 2. The minimum Gasteiger partial charge on any atom is -0.377 e. The first-order chi connectivity index (χ1) is 12.8. The third-order valence-corrected chi connectivity index (χ3v) is 5.10. The second kappa shape index (κ2) is 10.1. The van der Waals surface area contributed by atoms with Gasteiger partial charge in [0.05, 0.1) is 6.10 Å². The van der Waals surface area contributed by atoms with Crippen molar-refractivity contribution in [3.05, 3.63) is 35.4 Å². The second-order valence-electron chi connectivity index (χ2n) is 8.87. The molecule has 1 saturated heterocycles. The van der Waals surface area contributed by atoms with E-state index in [-0.39, 0.29) is 11.5 Å². The van der Waals surface area contributed by atoms with Crippen molar-refractivity contribution in [3.63, 3.8) is 0 Å². The fourth-order valence-electron chi connectivity index (χ4n) is 3.86. The monoisotopic (exact) mass is 374 g/mol. The van der Waals surface area contributed by atoms with E-state index in [4.69, 9.17) is 4.74 Å². The molecule has 1 aliphatic rings. The van der Waals surface area contributed by atoms with Gasteiger partial charge in [0.1, 0.15) is 0 Å². The van der Waals surface area contributed by atoms with Crippen molar-refractivity contribution in [2.24, 2.45) is 16.3 Å². The zero-order valence-electron chi connectivity index (χ0n) is 18.0. The number of aliphatic imine (C=N–C) groups is 1. The minimum atomic E-state index is 0.162. The van der Waals surface area contributed by atoms with Gasteiger partial charge in [0, 0.05) is 39.2 Å². The molecule has 1 aromatic rings. The van der Waals surface area contributed by atoms with E-state index in [9.17, 15) is 0 Å². The minimum absolute atomic E-state index is 0.162. The smallest absolute Gasteiger partial charge is 0.191 e. The maximum atomic E-state index is 6.10. The van der Waals surface area contributed by atoms with Crippen LogP contribution in [0.3, 0.4) is 0 Å². The summed E-state index contributed by atoms with van der Waals surface area (Å²) in [6, 6.07) is 8.58. The van der Waals surface area contributed by atoms with Gasteiger partial charge in [0.25, 0.3) is 0 Å². The molecule has 5 heteroatoms. The van der Waals surface area contributed by atoms with Crippen LogP contribution in [-0.2, 0) is 17.8 Å². The van der Waals surface area contributed by atoms with Gasteiger partial charge in [-0.2, -0.15) is 0 Å². The largest absolute Gasteiger partial charge is 0.377 e. The van der Waals surface area contributed by atoms with E-state index in [0.717, 1.165) is 38.6 Å². The van der Waals surface area contributed by atoms with Crippen LogP contribution in [-0.4, -0.2) is 51.3 Å². The van der Waals surface area contributed by atoms with Gasteiger partial charge in [-0.25, -0.2) is 0 Å². The molecule has 0 radical (unpaired) electrons. The summed E-state index contributed by atoms with van der Waals surface area (Å²) in [4.78, 5) is 6.60. The Hall–Kier alpha value is -1.59. The lowest BCUT2D eigenvalue weighted by Crippen LogP contribution is -2.47. The standard InChI is InChI=1S/C22H38N4O/c1-22(2,3)20-18(12-9-13-27-20)15-25-21(23-4)24-14-17-10-7-8-11-19(17)16-26(5)6/h7-8,10-11,18,20H,9,12-16H2,1-6H3,(H2,23,24,25). The number of guanidine groups is 1. The van der Waals surface area contributed by atoms with Crippen molar-refractivity contribution in [2.75, 3.05) is 34.3 Å². The Morgan fingerprint density at radius 3 is 2.52 bits per heavy atom. The number of hydrogen-bond acceptors (Lipinski definition) is 3. The number of rotatable bonds is 6. The number of nitrogens with one attached hydrogen (secondary N) is 2. The molecule has 2 atom stereocenters. The fourth-order valence-corrected chi connectivity index (χ4v) is 3.86. The molecular formula is C22H38N4O. The van der Waals surface area contributed by atoms with Crippen LogP contribution in [0.25, 0.3) is 0 Å². The summed E-state index contributed by atoms with van der Waals surface area (Å²) in [6.45, 7) is 10.3. The molecule has 2 unspecified atom stereocenters. The van der Waals surface area contributed by atoms with E-state index >= 15 is 0 Å². The topological polar surface area (TPSA) is 48.9 Å². The van der Waals surface area contributed by atoms with Crippen LogP contribution in [0.2, 0.25) is 0 Å². The summed E-state index contributed by atoms with van der Waals surface area (Å²) in [5.74, 6) is 1.37. The number of benzene rings is 1. The number of hydrogen-bond donors (Lipinski definition) is 2. The van der Waals surface area contributed by atoms with Gasteiger partial charge in [0.2, 0.25) is 0 Å². The molecular weight excluding hydrogens is 336 g/mol. The second-order valence-corrected chi connectivity index (χ2v) is 8.87. The predicted molar refractivity (Wildman–Crippen MR) is 114 cm³/mol. The molecule has 1 aromatic carbocycles. The van der Waals surface area contributed by atoms with Crippen LogP contribution in [0, 0.1) is 11.3 Å². The van der Waals surface area contributed by atoms with Gasteiger partial charge >= 0.3 is 0 Å². The first-order valence-corrected chi connectivity index (χ1v) is 10.1. The summed E-state index contributed by atoms with van der Waals surface area (Å²) >= 11 is 0. The van der Waals surface area contributed by atoms with E-state index in [1.807, 2.05) is 7.05 Å². The lowest BCUT2D eigenvalue weighted by molar-refractivity contribution is -0.0835. The molecule has 0 spiro atoms. The molecule has 2 N–H and O–H groups in total. The van der Waals surface area contributed by atoms with Gasteiger partial charge in [-0.1, -0.05) is 45.0 Å². The van der Waals surface area contributed by atoms with E-state index in [2.05, 4.69) is 79.7 Å². The summed E-state index contributed by atoms with van der Waals surface area (Å²) in [6.07, 6.45) is 2.64. The van der Waals surface area contributed by atoms with Crippen LogP contribution in [0.4, 0.5) is 0 Å². The maximum Gasteiger partial charge on any atom is 0.191 e. The summed E-state index contributed by atoms with van der Waals surface area (Å²) in [5.41, 5.74) is 2.82. The Labute approximate surface area is 165 Å². The highest BCUT2D eigenvalue weighted by atomic mass is 16.5. The van der Waals surface area contributed by atoms with Crippen molar-refractivity contribution in [1.29, 1.82) is 0 Å².